The van der Waals surface area contributed by atoms with Gasteiger partial charge in [0, 0.05) is 18.1 Å². The highest BCUT2D eigenvalue weighted by Crippen LogP contribution is 2.29. The fourth-order valence-corrected chi connectivity index (χ4v) is 1.70. The molecule has 1 aromatic carbocycles. The van der Waals surface area contributed by atoms with Crippen molar-refractivity contribution in [3.63, 3.8) is 0 Å². The van der Waals surface area contributed by atoms with E-state index in [1.807, 2.05) is 0 Å². The summed E-state index contributed by atoms with van der Waals surface area (Å²) >= 11 is 0. The molecule has 0 fully saturated rings. The van der Waals surface area contributed by atoms with Gasteiger partial charge in [0.25, 0.3) is 5.69 Å². The minimum atomic E-state index is -1.60. The summed E-state index contributed by atoms with van der Waals surface area (Å²) in [5, 5.41) is 20.0. The number of hydrogen-bond donors (Lipinski definition) is 0. The maximum Gasteiger partial charge on any atom is 0.326 e. The summed E-state index contributed by atoms with van der Waals surface area (Å²) in [6.07, 6.45) is -0.295. The molecule has 0 N–H and O–H groups in total. The Morgan fingerprint density at radius 2 is 2.25 bits per heavy atom. The first-order valence-corrected chi connectivity index (χ1v) is 5.85. The zero-order valence-electron chi connectivity index (χ0n) is 11.1. The Hall–Kier alpha value is -2.49. The molecule has 0 saturated carbocycles. The molecule has 20 heavy (non-hydrogen) atoms. The standard InChI is InChI=1S/C13H13FN2O4/c1-3-20-12(17)13(2,8-15)7-9-6-10(14)4-5-11(9)16(18)19/h4-6H,3,7H2,1-2H3. The average molecular weight is 280 g/mol. The van der Waals surface area contributed by atoms with Crippen LogP contribution in [0.2, 0.25) is 0 Å². The molecule has 1 aromatic rings. The third-order valence-electron chi connectivity index (χ3n) is 2.75. The van der Waals surface area contributed by atoms with Gasteiger partial charge in [-0.1, -0.05) is 0 Å². The molecular formula is C13H13FN2O4. The van der Waals surface area contributed by atoms with Gasteiger partial charge in [-0.05, 0) is 26.0 Å². The van der Waals surface area contributed by atoms with Crippen molar-refractivity contribution in [2.24, 2.45) is 5.41 Å². The summed E-state index contributed by atoms with van der Waals surface area (Å²) in [7, 11) is 0. The molecule has 0 spiro atoms. The molecule has 0 amide bonds. The first-order valence-electron chi connectivity index (χ1n) is 5.85. The van der Waals surface area contributed by atoms with Crippen LogP contribution in [0.3, 0.4) is 0 Å². The van der Waals surface area contributed by atoms with Crippen LogP contribution in [0.4, 0.5) is 10.1 Å². The highest BCUT2D eigenvalue weighted by molar-refractivity contribution is 5.80. The van der Waals surface area contributed by atoms with Gasteiger partial charge in [0.15, 0.2) is 5.41 Å². The number of hydrogen-bond acceptors (Lipinski definition) is 5. The normalized spacial score (nSPS) is 13.1. The highest BCUT2D eigenvalue weighted by atomic mass is 19.1. The van der Waals surface area contributed by atoms with Crippen LogP contribution in [-0.2, 0) is 16.0 Å². The number of ether oxygens (including phenoxy) is 1. The largest absolute Gasteiger partial charge is 0.465 e. The maximum absolute atomic E-state index is 13.2. The zero-order chi connectivity index (χ0) is 15.3. The maximum atomic E-state index is 13.2. The number of nitro groups is 1. The van der Waals surface area contributed by atoms with Crippen molar-refractivity contribution in [1.29, 1.82) is 5.26 Å². The number of nitriles is 1. The molecule has 7 heteroatoms. The first-order chi connectivity index (χ1) is 9.34. The molecule has 1 atom stereocenters. The number of benzene rings is 1. The van der Waals surface area contributed by atoms with Gasteiger partial charge in [-0.15, -0.1) is 0 Å². The van der Waals surface area contributed by atoms with Gasteiger partial charge in [0.05, 0.1) is 17.6 Å². The topological polar surface area (TPSA) is 93.2 Å². The van der Waals surface area contributed by atoms with Gasteiger partial charge in [-0.3, -0.25) is 14.9 Å². The molecular weight excluding hydrogens is 267 g/mol. The van der Waals surface area contributed by atoms with E-state index in [4.69, 9.17) is 10.00 Å². The Morgan fingerprint density at radius 3 is 2.75 bits per heavy atom. The third-order valence-corrected chi connectivity index (χ3v) is 2.75. The Morgan fingerprint density at radius 1 is 1.60 bits per heavy atom. The van der Waals surface area contributed by atoms with Crippen molar-refractivity contribution in [2.45, 2.75) is 20.3 Å². The molecule has 0 aliphatic rings. The lowest BCUT2D eigenvalue weighted by Gasteiger charge is -2.19. The minimum Gasteiger partial charge on any atom is -0.465 e. The molecule has 0 bridgehead atoms. The Kier molecular flexibility index (Phi) is 4.75. The fourth-order valence-electron chi connectivity index (χ4n) is 1.70. The summed E-state index contributed by atoms with van der Waals surface area (Å²) < 4.78 is 18.0. The molecule has 0 aliphatic carbocycles. The van der Waals surface area contributed by atoms with Crippen molar-refractivity contribution in [1.82, 2.24) is 0 Å². The molecule has 6 nitrogen and oxygen atoms in total. The van der Waals surface area contributed by atoms with Gasteiger partial charge < -0.3 is 4.74 Å². The molecule has 1 unspecified atom stereocenters. The minimum absolute atomic E-state index is 0.0212. The fraction of sp³-hybridized carbons (Fsp3) is 0.385. The summed E-state index contributed by atoms with van der Waals surface area (Å²) in [6.45, 7) is 2.97. The lowest BCUT2D eigenvalue weighted by Crippen LogP contribution is -2.31. The van der Waals surface area contributed by atoms with E-state index in [9.17, 15) is 19.3 Å². The molecule has 0 aromatic heterocycles. The predicted molar refractivity (Wildman–Crippen MR) is 67.1 cm³/mol. The number of rotatable bonds is 5. The van der Waals surface area contributed by atoms with Crippen LogP contribution in [0.1, 0.15) is 19.4 Å². The van der Waals surface area contributed by atoms with Gasteiger partial charge in [-0.2, -0.15) is 5.26 Å². The molecule has 106 valence electrons. The molecule has 0 saturated heterocycles. The number of carbonyl (C=O) groups is 1. The van der Waals surface area contributed by atoms with E-state index in [0.717, 1.165) is 18.2 Å². The second-order valence-corrected chi connectivity index (χ2v) is 4.37. The Balaban J connectivity index is 3.19. The SMILES string of the molecule is CCOC(=O)C(C)(C#N)Cc1cc(F)ccc1[N+](=O)[O-]. The molecule has 1 rings (SSSR count). The van der Waals surface area contributed by atoms with Crippen LogP contribution < -0.4 is 0 Å². The quantitative estimate of drug-likeness (QED) is 0.469. The van der Waals surface area contributed by atoms with Gasteiger partial charge in [0.2, 0.25) is 0 Å². The van der Waals surface area contributed by atoms with Crippen molar-refractivity contribution in [3.8, 4) is 6.07 Å². The van der Waals surface area contributed by atoms with Crippen LogP contribution in [-0.4, -0.2) is 17.5 Å². The Bertz CT molecular complexity index is 582. The van der Waals surface area contributed by atoms with E-state index in [2.05, 4.69) is 0 Å². The number of esters is 1. The Labute approximate surface area is 114 Å². The van der Waals surface area contributed by atoms with E-state index < -0.39 is 22.1 Å². The summed E-state index contributed by atoms with van der Waals surface area (Å²) in [5.74, 6) is -1.46. The van der Waals surface area contributed by atoms with E-state index in [1.165, 1.54) is 6.92 Å². The van der Waals surface area contributed by atoms with E-state index in [1.54, 1.807) is 13.0 Å². The molecule has 0 radical (unpaired) electrons. The number of nitrogens with zero attached hydrogens (tertiary/aromatic N) is 2. The monoisotopic (exact) mass is 280 g/mol. The lowest BCUT2D eigenvalue weighted by molar-refractivity contribution is -0.385. The van der Waals surface area contributed by atoms with E-state index in [-0.39, 0.29) is 24.3 Å². The van der Waals surface area contributed by atoms with Crippen LogP contribution >= 0.6 is 0 Å². The number of carbonyl (C=O) groups excluding carboxylic acids is 1. The van der Waals surface area contributed by atoms with Crippen LogP contribution in [0.15, 0.2) is 18.2 Å². The first kappa shape index (κ1) is 15.6. The van der Waals surface area contributed by atoms with E-state index in [0.29, 0.717) is 0 Å². The zero-order valence-corrected chi connectivity index (χ0v) is 11.1. The predicted octanol–water partition coefficient (Wildman–Crippen LogP) is 2.37. The summed E-state index contributed by atoms with van der Waals surface area (Å²) in [4.78, 5) is 22.0. The second kappa shape index (κ2) is 6.10. The molecule has 0 aliphatic heterocycles. The lowest BCUT2D eigenvalue weighted by atomic mass is 9.84. The number of halogens is 1. The van der Waals surface area contributed by atoms with Crippen LogP contribution in [0.25, 0.3) is 0 Å². The summed E-state index contributed by atoms with van der Waals surface area (Å²) in [6, 6.07) is 4.69. The van der Waals surface area contributed by atoms with Crippen LogP contribution in [0.5, 0.6) is 0 Å². The van der Waals surface area contributed by atoms with Crippen molar-refractivity contribution < 1.29 is 18.8 Å². The van der Waals surface area contributed by atoms with Crippen molar-refractivity contribution >= 4 is 11.7 Å². The highest BCUT2D eigenvalue weighted by Gasteiger charge is 2.37. The van der Waals surface area contributed by atoms with Gasteiger partial charge in [0.1, 0.15) is 5.82 Å². The average Bonchev–Trinajstić information content (AvgIpc) is 2.38. The van der Waals surface area contributed by atoms with Crippen LogP contribution in [0, 0.1) is 32.7 Å². The summed E-state index contributed by atoms with van der Waals surface area (Å²) in [5.41, 5.74) is -1.96. The third kappa shape index (κ3) is 3.29. The number of nitro benzene ring substituents is 1. The van der Waals surface area contributed by atoms with E-state index >= 15 is 0 Å². The van der Waals surface area contributed by atoms with Gasteiger partial charge in [-0.25, -0.2) is 4.39 Å². The molecule has 0 heterocycles. The smallest absolute Gasteiger partial charge is 0.326 e. The van der Waals surface area contributed by atoms with Crippen molar-refractivity contribution in [2.75, 3.05) is 6.61 Å². The second-order valence-electron chi connectivity index (χ2n) is 4.37. The van der Waals surface area contributed by atoms with Crippen molar-refractivity contribution in [3.05, 3.63) is 39.7 Å². The van der Waals surface area contributed by atoms with Gasteiger partial charge >= 0.3 is 5.97 Å².